The molecule has 0 aromatic heterocycles. The van der Waals surface area contributed by atoms with E-state index >= 15 is 0 Å². The number of aromatic hydroxyl groups is 1. The molecule has 7 aromatic carbocycles. The molecule has 7 aromatic rings. The first-order chi connectivity index (χ1) is 22.3. The summed E-state index contributed by atoms with van der Waals surface area (Å²) in [5, 5.41) is 33.6. The Balaban J connectivity index is 1.58. The largest absolute Gasteiger partial charge is 0.507 e. The van der Waals surface area contributed by atoms with Crippen LogP contribution < -0.4 is 21.1 Å². The molecule has 0 aliphatic rings. The van der Waals surface area contributed by atoms with E-state index in [0.717, 1.165) is 49.1 Å². The second-order valence-corrected chi connectivity index (χ2v) is 20.1. The van der Waals surface area contributed by atoms with E-state index in [4.69, 9.17) is 0 Å². The topological polar surface area (TPSA) is 40.5 Å². The first-order valence-electron chi connectivity index (χ1n) is 15.8. The SMILES string of the molecule is C[Si](C)(C)c1ccccc1[C@H](O)c1ccc2ccccc2c1-c1c(O)c(P(c2ccccc2)c2ccccc2)cc2ccccc12. The number of hydrogen-bond acceptors (Lipinski definition) is 2. The predicted octanol–water partition coefficient (Wildman–Crippen LogP) is 8.75. The molecule has 46 heavy (non-hydrogen) atoms. The first kappa shape index (κ1) is 30.1. The second kappa shape index (κ2) is 12.3. The highest BCUT2D eigenvalue weighted by atomic mass is 31.1. The average Bonchev–Trinajstić information content (AvgIpc) is 3.09. The quantitative estimate of drug-likeness (QED) is 0.136. The van der Waals surface area contributed by atoms with Crippen molar-refractivity contribution in [2.75, 3.05) is 0 Å². The Hall–Kier alpha value is -4.53. The summed E-state index contributed by atoms with van der Waals surface area (Å²) in [6.07, 6.45) is -0.867. The van der Waals surface area contributed by atoms with Gasteiger partial charge in [-0.3, -0.25) is 0 Å². The van der Waals surface area contributed by atoms with Gasteiger partial charge in [0.15, 0.2) is 0 Å². The van der Waals surface area contributed by atoms with Crippen molar-refractivity contribution in [2.24, 2.45) is 0 Å². The molecule has 0 aliphatic carbocycles. The lowest BCUT2D eigenvalue weighted by Gasteiger charge is -2.27. The Labute approximate surface area is 273 Å². The number of rotatable bonds is 7. The van der Waals surface area contributed by atoms with Crippen molar-refractivity contribution in [3.05, 3.63) is 163 Å². The zero-order valence-electron chi connectivity index (χ0n) is 26.4. The summed E-state index contributed by atoms with van der Waals surface area (Å²) in [4.78, 5) is 0. The van der Waals surface area contributed by atoms with Crippen LogP contribution >= 0.6 is 7.92 Å². The summed E-state index contributed by atoms with van der Waals surface area (Å²) in [5.41, 5.74) is 3.38. The number of phenolic OH excluding ortho intramolecular Hbond substituents is 1. The van der Waals surface area contributed by atoms with Crippen molar-refractivity contribution in [1.29, 1.82) is 0 Å². The van der Waals surface area contributed by atoms with Crippen LogP contribution in [0.5, 0.6) is 5.75 Å². The predicted molar refractivity (Wildman–Crippen MR) is 201 cm³/mol. The standard InChI is InChI=1S/C42H37O2PSi/c1-46(2,3)38-25-15-14-24-35(38)41(43)36-27-26-29-16-10-12-22-33(29)39(36)40-34-23-13-11-17-30(34)28-37(42(40)44)45(31-18-6-4-7-19-31)32-20-8-5-9-21-32/h4-28,41,43-44H,1-3H3/t41-/m0/s1. The van der Waals surface area contributed by atoms with Gasteiger partial charge in [0.05, 0.1) is 8.07 Å². The molecule has 0 aliphatic heterocycles. The smallest absolute Gasteiger partial charge is 0.132 e. The molecule has 2 N–H and O–H groups in total. The fourth-order valence-electron chi connectivity index (χ4n) is 6.71. The summed E-state index contributed by atoms with van der Waals surface area (Å²) in [5.74, 6) is 0.265. The summed E-state index contributed by atoms with van der Waals surface area (Å²) in [7, 11) is -2.87. The molecule has 7 rings (SSSR count). The van der Waals surface area contributed by atoms with Crippen molar-refractivity contribution in [1.82, 2.24) is 0 Å². The molecule has 0 fully saturated rings. The lowest BCUT2D eigenvalue weighted by molar-refractivity contribution is 0.222. The highest BCUT2D eigenvalue weighted by Crippen LogP contribution is 2.48. The van der Waals surface area contributed by atoms with Crippen LogP contribution in [-0.4, -0.2) is 18.3 Å². The molecule has 0 bridgehead atoms. The maximum Gasteiger partial charge on any atom is 0.132 e. The van der Waals surface area contributed by atoms with E-state index in [1.54, 1.807) is 0 Å². The van der Waals surface area contributed by atoms with Crippen LogP contribution in [0.1, 0.15) is 17.2 Å². The van der Waals surface area contributed by atoms with Gasteiger partial charge in [-0.15, -0.1) is 0 Å². The minimum atomic E-state index is -1.78. The molecule has 0 heterocycles. The summed E-state index contributed by atoms with van der Waals surface area (Å²) < 4.78 is 0. The van der Waals surface area contributed by atoms with Gasteiger partial charge >= 0.3 is 0 Å². The molecular formula is C42H37O2PSi. The van der Waals surface area contributed by atoms with Gasteiger partial charge in [-0.25, -0.2) is 0 Å². The van der Waals surface area contributed by atoms with Gasteiger partial charge in [-0.1, -0.05) is 170 Å². The molecule has 0 saturated heterocycles. The van der Waals surface area contributed by atoms with Gasteiger partial charge in [0.2, 0.25) is 0 Å². The van der Waals surface area contributed by atoms with Crippen LogP contribution in [0.4, 0.5) is 0 Å². The van der Waals surface area contributed by atoms with Gasteiger partial charge in [0.1, 0.15) is 11.9 Å². The third-order valence-electron chi connectivity index (χ3n) is 8.84. The van der Waals surface area contributed by atoms with E-state index in [2.05, 4.69) is 135 Å². The van der Waals surface area contributed by atoms with Crippen LogP contribution in [0.15, 0.2) is 152 Å². The molecule has 226 valence electrons. The molecule has 0 radical (unpaired) electrons. The maximum atomic E-state index is 12.7. The Morgan fingerprint density at radius 2 is 1.04 bits per heavy atom. The number of benzene rings is 7. The third kappa shape index (κ3) is 5.46. The van der Waals surface area contributed by atoms with Crippen molar-refractivity contribution in [2.45, 2.75) is 25.7 Å². The van der Waals surface area contributed by atoms with Gasteiger partial charge in [-0.05, 0) is 62.8 Å². The third-order valence-corrected chi connectivity index (χ3v) is 13.4. The molecule has 2 nitrogen and oxygen atoms in total. The Morgan fingerprint density at radius 3 is 1.67 bits per heavy atom. The van der Waals surface area contributed by atoms with Crippen LogP contribution in [0.2, 0.25) is 19.6 Å². The van der Waals surface area contributed by atoms with Gasteiger partial charge in [0, 0.05) is 10.9 Å². The molecular weight excluding hydrogens is 596 g/mol. The van der Waals surface area contributed by atoms with Gasteiger partial charge < -0.3 is 10.2 Å². The van der Waals surface area contributed by atoms with E-state index in [0.29, 0.717) is 0 Å². The van der Waals surface area contributed by atoms with Gasteiger partial charge in [0.25, 0.3) is 0 Å². The highest BCUT2D eigenvalue weighted by molar-refractivity contribution is 7.80. The maximum absolute atomic E-state index is 12.7. The van der Waals surface area contributed by atoms with E-state index in [9.17, 15) is 10.2 Å². The molecule has 0 amide bonds. The highest BCUT2D eigenvalue weighted by Gasteiger charge is 2.29. The number of phenols is 1. The Bertz CT molecular complexity index is 2130. The Kier molecular flexibility index (Phi) is 8.09. The average molecular weight is 633 g/mol. The van der Waals surface area contributed by atoms with Crippen molar-refractivity contribution >= 4 is 58.6 Å². The first-order valence-corrected chi connectivity index (χ1v) is 20.6. The van der Waals surface area contributed by atoms with Crippen LogP contribution in [0.3, 0.4) is 0 Å². The van der Waals surface area contributed by atoms with Gasteiger partial charge in [-0.2, -0.15) is 0 Å². The molecule has 0 unspecified atom stereocenters. The number of aliphatic hydroxyl groups excluding tert-OH is 1. The molecule has 1 atom stereocenters. The fourth-order valence-corrected chi connectivity index (χ4v) is 10.8. The summed E-state index contributed by atoms with van der Waals surface area (Å²) in [6, 6.07) is 52.3. The second-order valence-electron chi connectivity index (χ2n) is 12.8. The summed E-state index contributed by atoms with van der Waals surface area (Å²) >= 11 is 0. The fraction of sp³-hybridized carbons (Fsp3) is 0.0952. The van der Waals surface area contributed by atoms with Crippen molar-refractivity contribution < 1.29 is 10.2 Å². The van der Waals surface area contributed by atoms with E-state index in [1.807, 2.05) is 36.4 Å². The molecule has 4 heteroatoms. The zero-order valence-corrected chi connectivity index (χ0v) is 28.2. The molecule has 0 spiro atoms. The van der Waals surface area contributed by atoms with E-state index in [1.165, 1.54) is 15.8 Å². The minimum absolute atomic E-state index is 0.265. The monoisotopic (exact) mass is 632 g/mol. The number of aliphatic hydroxyl groups is 1. The Morgan fingerprint density at radius 1 is 0.522 bits per heavy atom. The van der Waals surface area contributed by atoms with Crippen molar-refractivity contribution in [3.8, 4) is 16.9 Å². The normalized spacial score (nSPS) is 12.5. The molecule has 0 saturated carbocycles. The van der Waals surface area contributed by atoms with Crippen LogP contribution in [0, 0.1) is 0 Å². The number of fused-ring (bicyclic) bond motifs is 2. The van der Waals surface area contributed by atoms with E-state index in [-0.39, 0.29) is 5.75 Å². The van der Waals surface area contributed by atoms with E-state index < -0.39 is 22.1 Å². The summed E-state index contributed by atoms with van der Waals surface area (Å²) in [6.45, 7) is 6.95. The zero-order chi connectivity index (χ0) is 31.8. The van der Waals surface area contributed by atoms with Crippen LogP contribution in [-0.2, 0) is 0 Å². The van der Waals surface area contributed by atoms with Crippen LogP contribution in [0.25, 0.3) is 32.7 Å². The number of hydrogen-bond donors (Lipinski definition) is 2. The minimum Gasteiger partial charge on any atom is -0.507 e. The lowest BCUT2D eigenvalue weighted by Crippen LogP contribution is -2.40. The van der Waals surface area contributed by atoms with Crippen molar-refractivity contribution in [3.63, 3.8) is 0 Å². The lowest BCUT2D eigenvalue weighted by atomic mass is 9.86.